The number of benzene rings is 1. The van der Waals surface area contributed by atoms with Gasteiger partial charge in [-0.3, -0.25) is 0 Å². The summed E-state index contributed by atoms with van der Waals surface area (Å²) in [7, 11) is 0. The van der Waals surface area contributed by atoms with E-state index in [9.17, 15) is 4.79 Å². The van der Waals surface area contributed by atoms with Gasteiger partial charge in [-0.2, -0.15) is 0 Å². The fourth-order valence-electron chi connectivity index (χ4n) is 1.97. The number of hydrogen-bond donors (Lipinski definition) is 1. The highest BCUT2D eigenvalue weighted by atomic mass is 16.4. The van der Waals surface area contributed by atoms with Crippen LogP contribution in [0.4, 0.5) is 0 Å². The van der Waals surface area contributed by atoms with Crippen LogP contribution in [0.2, 0.25) is 0 Å². The van der Waals surface area contributed by atoms with Gasteiger partial charge in [0.15, 0.2) is 0 Å². The first-order valence-corrected chi connectivity index (χ1v) is 4.79. The Bertz CT molecular complexity index is 391. The molecule has 0 bridgehead atoms. The van der Waals surface area contributed by atoms with Gasteiger partial charge in [0.1, 0.15) is 0 Å². The first-order valence-electron chi connectivity index (χ1n) is 4.79. The van der Waals surface area contributed by atoms with Crippen molar-refractivity contribution in [3.05, 3.63) is 41.0 Å². The zero-order valence-electron chi connectivity index (χ0n) is 7.86. The molecular weight excluding hydrogens is 176 g/mol. The molecule has 0 saturated carbocycles. The van der Waals surface area contributed by atoms with Gasteiger partial charge in [-0.05, 0) is 42.0 Å². The van der Waals surface area contributed by atoms with Crippen molar-refractivity contribution in [2.45, 2.75) is 19.3 Å². The molecule has 2 rings (SSSR count). The van der Waals surface area contributed by atoms with Crippen LogP contribution >= 0.6 is 0 Å². The molecule has 0 saturated heterocycles. The minimum Gasteiger partial charge on any atom is -0.478 e. The summed E-state index contributed by atoms with van der Waals surface area (Å²) in [5, 5.41) is 8.54. The summed E-state index contributed by atoms with van der Waals surface area (Å²) < 4.78 is 0. The Hall–Kier alpha value is -1.57. The second-order valence-electron chi connectivity index (χ2n) is 3.51. The number of rotatable bonds is 2. The Morgan fingerprint density at radius 2 is 2.21 bits per heavy atom. The molecule has 0 radical (unpaired) electrons. The zero-order valence-corrected chi connectivity index (χ0v) is 7.86. The molecule has 0 amide bonds. The SMILES string of the molecule is O=C(O)/C=C/c1cccc2c1CCC2. The first-order chi connectivity index (χ1) is 6.77. The van der Waals surface area contributed by atoms with Crippen molar-refractivity contribution in [3.63, 3.8) is 0 Å². The third-order valence-corrected chi connectivity index (χ3v) is 2.59. The standard InChI is InChI=1S/C12H12O2/c13-12(14)8-7-10-4-1-3-9-5-2-6-11(9)10/h1,3-4,7-8H,2,5-6H2,(H,13,14)/b8-7+. The van der Waals surface area contributed by atoms with Gasteiger partial charge in [-0.25, -0.2) is 4.79 Å². The van der Waals surface area contributed by atoms with E-state index in [2.05, 4.69) is 6.07 Å². The lowest BCUT2D eigenvalue weighted by Gasteiger charge is -2.02. The molecule has 0 aromatic heterocycles. The summed E-state index contributed by atoms with van der Waals surface area (Å²) in [4.78, 5) is 10.4. The van der Waals surface area contributed by atoms with Crippen LogP contribution in [0, 0.1) is 0 Å². The van der Waals surface area contributed by atoms with Crippen molar-refractivity contribution in [2.24, 2.45) is 0 Å². The van der Waals surface area contributed by atoms with Gasteiger partial charge < -0.3 is 5.11 Å². The molecular formula is C12H12O2. The van der Waals surface area contributed by atoms with Crippen LogP contribution in [0.5, 0.6) is 0 Å². The van der Waals surface area contributed by atoms with Gasteiger partial charge in [0.25, 0.3) is 0 Å². The van der Waals surface area contributed by atoms with E-state index in [1.807, 2.05) is 12.1 Å². The summed E-state index contributed by atoms with van der Waals surface area (Å²) in [6.45, 7) is 0. The summed E-state index contributed by atoms with van der Waals surface area (Å²) in [6, 6.07) is 6.09. The van der Waals surface area contributed by atoms with Crippen LogP contribution in [-0.4, -0.2) is 11.1 Å². The van der Waals surface area contributed by atoms with E-state index < -0.39 is 5.97 Å². The van der Waals surface area contributed by atoms with E-state index in [0.29, 0.717) is 0 Å². The van der Waals surface area contributed by atoms with Crippen molar-refractivity contribution in [1.29, 1.82) is 0 Å². The van der Waals surface area contributed by atoms with E-state index in [1.165, 1.54) is 23.6 Å². The molecule has 14 heavy (non-hydrogen) atoms. The lowest BCUT2D eigenvalue weighted by atomic mass is 10.0. The van der Waals surface area contributed by atoms with Gasteiger partial charge in [0, 0.05) is 6.08 Å². The van der Waals surface area contributed by atoms with E-state index in [4.69, 9.17) is 5.11 Å². The Morgan fingerprint density at radius 3 is 3.00 bits per heavy atom. The number of carboxylic acids is 1. The molecule has 0 spiro atoms. The van der Waals surface area contributed by atoms with Gasteiger partial charge in [0.2, 0.25) is 0 Å². The van der Waals surface area contributed by atoms with Crippen molar-refractivity contribution >= 4 is 12.0 Å². The van der Waals surface area contributed by atoms with Crippen molar-refractivity contribution in [2.75, 3.05) is 0 Å². The molecule has 72 valence electrons. The topological polar surface area (TPSA) is 37.3 Å². The third kappa shape index (κ3) is 1.69. The normalized spacial score (nSPS) is 14.6. The van der Waals surface area contributed by atoms with Crippen molar-refractivity contribution in [3.8, 4) is 0 Å². The predicted molar refractivity (Wildman–Crippen MR) is 55.1 cm³/mol. The lowest BCUT2D eigenvalue weighted by Crippen LogP contribution is -1.89. The minimum atomic E-state index is -0.888. The molecule has 0 atom stereocenters. The molecule has 1 N–H and O–H groups in total. The van der Waals surface area contributed by atoms with Crippen LogP contribution in [0.3, 0.4) is 0 Å². The zero-order chi connectivity index (χ0) is 9.97. The molecule has 1 aliphatic rings. The number of hydrogen-bond acceptors (Lipinski definition) is 1. The molecule has 1 aromatic carbocycles. The maximum Gasteiger partial charge on any atom is 0.328 e. The average Bonchev–Trinajstić information content (AvgIpc) is 2.62. The van der Waals surface area contributed by atoms with Crippen LogP contribution in [-0.2, 0) is 17.6 Å². The summed E-state index contributed by atoms with van der Waals surface area (Å²) in [5.41, 5.74) is 3.75. The van der Waals surface area contributed by atoms with E-state index in [0.717, 1.165) is 18.4 Å². The smallest absolute Gasteiger partial charge is 0.328 e. The van der Waals surface area contributed by atoms with E-state index in [-0.39, 0.29) is 0 Å². The van der Waals surface area contributed by atoms with Crippen LogP contribution in [0.15, 0.2) is 24.3 Å². The average molecular weight is 188 g/mol. The highest BCUT2D eigenvalue weighted by Gasteiger charge is 2.12. The first kappa shape index (κ1) is 9.00. The Labute approximate surface area is 82.9 Å². The molecule has 0 unspecified atom stereocenters. The number of fused-ring (bicyclic) bond motifs is 1. The lowest BCUT2D eigenvalue weighted by molar-refractivity contribution is -0.131. The number of aliphatic carboxylic acids is 1. The Kier molecular flexibility index (Phi) is 2.35. The van der Waals surface area contributed by atoms with Gasteiger partial charge >= 0.3 is 5.97 Å². The Morgan fingerprint density at radius 1 is 1.36 bits per heavy atom. The molecule has 0 heterocycles. The van der Waals surface area contributed by atoms with Crippen molar-refractivity contribution in [1.82, 2.24) is 0 Å². The highest BCUT2D eigenvalue weighted by Crippen LogP contribution is 2.25. The number of aryl methyl sites for hydroxylation is 1. The maximum atomic E-state index is 10.4. The Balaban J connectivity index is 2.35. The second-order valence-corrected chi connectivity index (χ2v) is 3.51. The fourth-order valence-corrected chi connectivity index (χ4v) is 1.97. The highest BCUT2D eigenvalue weighted by molar-refractivity contribution is 5.85. The molecule has 1 aliphatic carbocycles. The van der Waals surface area contributed by atoms with E-state index >= 15 is 0 Å². The quantitative estimate of drug-likeness (QED) is 0.723. The fraction of sp³-hybridized carbons (Fsp3) is 0.250. The second kappa shape index (κ2) is 3.66. The summed E-state index contributed by atoms with van der Waals surface area (Å²) in [6.07, 6.45) is 6.28. The molecule has 0 aliphatic heterocycles. The molecule has 2 heteroatoms. The van der Waals surface area contributed by atoms with Crippen LogP contribution in [0.1, 0.15) is 23.1 Å². The molecule has 1 aromatic rings. The van der Waals surface area contributed by atoms with Gasteiger partial charge in [0.05, 0.1) is 0 Å². The maximum absolute atomic E-state index is 10.4. The summed E-state index contributed by atoms with van der Waals surface area (Å²) >= 11 is 0. The molecule has 2 nitrogen and oxygen atoms in total. The number of carbonyl (C=O) groups is 1. The van der Waals surface area contributed by atoms with E-state index in [1.54, 1.807) is 6.08 Å². The van der Waals surface area contributed by atoms with Gasteiger partial charge in [-0.1, -0.05) is 18.2 Å². The van der Waals surface area contributed by atoms with Gasteiger partial charge in [-0.15, -0.1) is 0 Å². The molecule has 0 fully saturated rings. The van der Waals surface area contributed by atoms with Crippen LogP contribution in [0.25, 0.3) is 6.08 Å². The summed E-state index contributed by atoms with van der Waals surface area (Å²) in [5.74, 6) is -0.888. The minimum absolute atomic E-state index is 0.888. The monoisotopic (exact) mass is 188 g/mol. The van der Waals surface area contributed by atoms with Crippen LogP contribution < -0.4 is 0 Å². The third-order valence-electron chi connectivity index (χ3n) is 2.59. The largest absolute Gasteiger partial charge is 0.478 e. The van der Waals surface area contributed by atoms with Crippen molar-refractivity contribution < 1.29 is 9.90 Å². The predicted octanol–water partition coefficient (Wildman–Crippen LogP) is 2.27. The number of carboxylic acid groups (broad SMARTS) is 1.